The molecule has 6 heteroatoms. The minimum atomic E-state index is -0.735. The summed E-state index contributed by atoms with van der Waals surface area (Å²) >= 11 is 16.6. The molecule has 0 aromatic rings. The van der Waals surface area contributed by atoms with Crippen LogP contribution in [0.3, 0.4) is 0 Å². The Morgan fingerprint density at radius 1 is 1.73 bits per heavy atom. The van der Waals surface area contributed by atoms with Crippen molar-refractivity contribution in [1.82, 2.24) is 4.42 Å². The minimum Gasteiger partial charge on any atom is -0.253 e. The summed E-state index contributed by atoms with van der Waals surface area (Å²) in [6, 6.07) is 1.82. The fourth-order valence-corrected chi connectivity index (χ4v) is 1.06. The lowest BCUT2D eigenvalue weighted by atomic mass is 10.3. The number of hydrogen-bond acceptors (Lipinski definition) is 3. The molecule has 1 rings (SSSR count). The van der Waals surface area contributed by atoms with Crippen molar-refractivity contribution >= 4 is 40.1 Å². The maximum Gasteiger partial charge on any atom is 0.212 e. The van der Waals surface area contributed by atoms with Crippen LogP contribution < -0.4 is 0 Å². The summed E-state index contributed by atoms with van der Waals surface area (Å²) < 4.78 is 1.08. The highest BCUT2D eigenvalue weighted by Crippen LogP contribution is 2.20. The van der Waals surface area contributed by atoms with Gasteiger partial charge in [0.15, 0.2) is 0 Å². The lowest BCUT2D eigenvalue weighted by Crippen LogP contribution is -2.20. The Bertz CT molecular complexity index is 265. The van der Waals surface area contributed by atoms with Crippen molar-refractivity contribution in [2.75, 3.05) is 0 Å². The molecule has 0 bridgehead atoms. The molecule has 0 amide bonds. The van der Waals surface area contributed by atoms with E-state index in [1.54, 1.807) is 0 Å². The third-order valence-corrected chi connectivity index (χ3v) is 2.01. The number of alkyl halides is 1. The molecule has 1 aliphatic rings. The smallest absolute Gasteiger partial charge is 0.212 e. The molecule has 0 fully saturated rings. The van der Waals surface area contributed by atoms with E-state index < -0.39 is 5.62 Å². The lowest BCUT2D eigenvalue weighted by molar-refractivity contribution is 0.561. The number of nitriles is 1. The van der Waals surface area contributed by atoms with Crippen LogP contribution in [0.15, 0.2) is 16.8 Å². The van der Waals surface area contributed by atoms with Gasteiger partial charge in [0.05, 0.1) is 0 Å². The molecule has 0 radical (unpaired) electrons. The van der Waals surface area contributed by atoms with Gasteiger partial charge in [0, 0.05) is 18.0 Å². The van der Waals surface area contributed by atoms with E-state index in [0.717, 1.165) is 4.42 Å². The van der Waals surface area contributed by atoms with E-state index in [1.165, 1.54) is 6.20 Å². The molecule has 11 heavy (non-hydrogen) atoms. The maximum atomic E-state index is 8.45. The third-order valence-electron chi connectivity index (χ3n) is 1.02. The monoisotopic (exact) mass is 209 g/mol. The van der Waals surface area contributed by atoms with Gasteiger partial charge in [0.1, 0.15) is 16.8 Å². The van der Waals surface area contributed by atoms with Gasteiger partial charge in [-0.2, -0.15) is 5.26 Å². The molecule has 1 heterocycles. The highest BCUT2D eigenvalue weighted by molar-refractivity contribution is 6.70. The summed E-state index contributed by atoms with van der Waals surface area (Å²) in [6.45, 7) is 0. The molecule has 1 unspecified atom stereocenters. The van der Waals surface area contributed by atoms with Gasteiger partial charge >= 0.3 is 0 Å². The van der Waals surface area contributed by atoms with Crippen molar-refractivity contribution in [3.8, 4) is 6.07 Å². The van der Waals surface area contributed by atoms with Gasteiger partial charge in [0.2, 0.25) is 5.62 Å². The second-order valence-corrected chi connectivity index (χ2v) is 2.87. The Kier molecular flexibility index (Phi) is 2.61. The lowest BCUT2D eigenvalue weighted by Gasteiger charge is -2.18. The van der Waals surface area contributed by atoms with Crippen molar-refractivity contribution in [2.45, 2.75) is 5.62 Å². The Labute approximate surface area is 78.6 Å². The molecule has 0 spiro atoms. The van der Waals surface area contributed by atoms with Crippen molar-refractivity contribution in [2.24, 2.45) is 4.99 Å². The summed E-state index contributed by atoms with van der Waals surface area (Å²) in [7, 11) is 0. The first-order chi connectivity index (χ1) is 5.15. The normalized spacial score (nSPS) is 23.8. The fraction of sp³-hybridized carbons (Fsp3) is 0.200. The molecule has 0 saturated carbocycles. The highest BCUT2D eigenvalue weighted by Gasteiger charge is 2.18. The van der Waals surface area contributed by atoms with Crippen molar-refractivity contribution in [3.63, 3.8) is 0 Å². The topological polar surface area (TPSA) is 39.4 Å². The number of halogens is 3. The zero-order chi connectivity index (χ0) is 8.43. The van der Waals surface area contributed by atoms with E-state index >= 15 is 0 Å². The molecule has 58 valence electrons. The van der Waals surface area contributed by atoms with E-state index in [-0.39, 0.29) is 10.7 Å². The molecule has 0 aromatic heterocycles. The van der Waals surface area contributed by atoms with E-state index in [2.05, 4.69) is 4.99 Å². The summed E-state index contributed by atoms with van der Waals surface area (Å²) in [4.78, 5) is 3.67. The number of nitrogens with zero attached hydrogens (tertiary/aromatic N) is 3. The van der Waals surface area contributed by atoms with Crippen LogP contribution in [0.1, 0.15) is 0 Å². The summed E-state index contributed by atoms with van der Waals surface area (Å²) in [6.07, 6.45) is 1.33. The van der Waals surface area contributed by atoms with Crippen LogP contribution in [0.25, 0.3) is 0 Å². The number of aliphatic imine (C=N–C) groups is 1. The predicted octanol–water partition coefficient (Wildman–Crippen LogP) is 2.02. The average molecular weight is 210 g/mol. The van der Waals surface area contributed by atoms with Gasteiger partial charge in [-0.25, -0.2) is 4.99 Å². The van der Waals surface area contributed by atoms with Crippen LogP contribution in [-0.2, 0) is 0 Å². The van der Waals surface area contributed by atoms with Gasteiger partial charge in [0.25, 0.3) is 0 Å². The molecular weight excluding hydrogens is 208 g/mol. The van der Waals surface area contributed by atoms with Crippen LogP contribution in [0.4, 0.5) is 0 Å². The van der Waals surface area contributed by atoms with Crippen LogP contribution >= 0.6 is 35.0 Å². The van der Waals surface area contributed by atoms with Gasteiger partial charge in [-0.15, -0.1) is 0 Å². The first-order valence-corrected chi connectivity index (χ1v) is 3.74. The quantitative estimate of drug-likeness (QED) is 0.349. The highest BCUT2D eigenvalue weighted by atomic mass is 35.5. The second-order valence-electron chi connectivity index (χ2n) is 1.73. The van der Waals surface area contributed by atoms with Crippen LogP contribution in [-0.4, -0.2) is 15.2 Å². The summed E-state index contributed by atoms with van der Waals surface area (Å²) in [5, 5.41) is 8.54. The zero-order valence-corrected chi connectivity index (χ0v) is 7.40. The molecule has 0 N–H and O–H groups in total. The number of rotatable bonds is 0. The Hall–Kier alpha value is -0.430. The second kappa shape index (κ2) is 3.31. The van der Waals surface area contributed by atoms with Crippen molar-refractivity contribution in [1.29, 1.82) is 5.26 Å². The maximum absolute atomic E-state index is 8.45. The minimum absolute atomic E-state index is 0.0874. The van der Waals surface area contributed by atoms with Crippen molar-refractivity contribution in [3.05, 3.63) is 11.8 Å². The van der Waals surface area contributed by atoms with E-state index in [4.69, 9.17) is 40.2 Å². The van der Waals surface area contributed by atoms with Crippen LogP contribution in [0.2, 0.25) is 0 Å². The summed E-state index contributed by atoms with van der Waals surface area (Å²) in [5.74, 6) is 0. The SMILES string of the molecule is N#CC1=CN(Cl)C(Cl)N=C1Cl. The standard InChI is InChI=1S/C5H2Cl3N3/c6-4-3(1-9)2-11(8)5(7)10-4/h2,5H. The van der Waals surface area contributed by atoms with E-state index in [0.29, 0.717) is 0 Å². The first-order valence-electron chi connectivity index (χ1n) is 2.59. The van der Waals surface area contributed by atoms with Crippen molar-refractivity contribution < 1.29 is 0 Å². The number of hydrogen-bond donors (Lipinski definition) is 0. The zero-order valence-electron chi connectivity index (χ0n) is 5.13. The third kappa shape index (κ3) is 1.78. The largest absolute Gasteiger partial charge is 0.253 e. The van der Waals surface area contributed by atoms with Gasteiger partial charge < -0.3 is 0 Å². The van der Waals surface area contributed by atoms with Gasteiger partial charge in [-0.05, 0) is 0 Å². The molecule has 3 nitrogen and oxygen atoms in total. The Balaban J connectivity index is 2.94. The molecular formula is C5H2Cl3N3. The number of allylic oxidation sites excluding steroid dienone is 1. The molecule has 0 aromatic carbocycles. The van der Waals surface area contributed by atoms with E-state index in [1.807, 2.05) is 6.07 Å². The summed E-state index contributed by atoms with van der Waals surface area (Å²) in [5.41, 5.74) is -0.528. The van der Waals surface area contributed by atoms with E-state index in [9.17, 15) is 0 Å². The molecule has 1 atom stereocenters. The molecule has 1 aliphatic heterocycles. The average Bonchev–Trinajstić information content (AvgIpc) is 1.97. The van der Waals surface area contributed by atoms with Crippen LogP contribution in [0, 0.1) is 11.3 Å². The Morgan fingerprint density at radius 3 is 2.91 bits per heavy atom. The first kappa shape index (κ1) is 8.66. The fourth-order valence-electron chi connectivity index (χ4n) is 0.531. The molecule has 0 saturated heterocycles. The van der Waals surface area contributed by atoms with Gasteiger partial charge in [-0.3, -0.25) is 4.42 Å². The van der Waals surface area contributed by atoms with Crippen LogP contribution in [0.5, 0.6) is 0 Å². The molecule has 0 aliphatic carbocycles. The predicted molar refractivity (Wildman–Crippen MR) is 44.3 cm³/mol. The van der Waals surface area contributed by atoms with Gasteiger partial charge in [-0.1, -0.05) is 23.2 Å². The Morgan fingerprint density at radius 2 is 2.36 bits per heavy atom.